The van der Waals surface area contributed by atoms with Crippen molar-refractivity contribution < 1.29 is 14.4 Å². The number of hydrogen-bond donors (Lipinski definition) is 1. The Morgan fingerprint density at radius 3 is 2.70 bits per heavy atom. The lowest BCUT2D eigenvalue weighted by molar-refractivity contribution is -0.122. The van der Waals surface area contributed by atoms with Crippen molar-refractivity contribution in [3.05, 3.63) is 5.53 Å². The van der Waals surface area contributed by atoms with E-state index in [9.17, 15) is 9.59 Å². The summed E-state index contributed by atoms with van der Waals surface area (Å²) in [5, 5.41) is 2.24. The second kappa shape index (κ2) is 4.40. The zero-order valence-electron chi connectivity index (χ0n) is 5.50. The summed E-state index contributed by atoms with van der Waals surface area (Å²) in [5.74, 6) is -0.739. The first-order chi connectivity index (χ1) is 4.66. The lowest BCUT2D eigenvalue weighted by Gasteiger charge is -1.91. The van der Waals surface area contributed by atoms with Crippen molar-refractivity contribution in [2.75, 3.05) is 6.54 Å². The molecule has 0 bridgehead atoms. The zero-order valence-corrected chi connectivity index (χ0v) is 5.50. The van der Waals surface area contributed by atoms with Gasteiger partial charge >= 0.3 is 6.21 Å². The van der Waals surface area contributed by atoms with E-state index in [2.05, 4.69) is 10.1 Å². The minimum Gasteiger partial charge on any atom is -0.361 e. The third-order valence-corrected chi connectivity index (χ3v) is 0.713. The summed E-state index contributed by atoms with van der Waals surface area (Å²) < 4.78 is 0. The molecule has 1 N–H and O–H groups in total. The maximum absolute atomic E-state index is 10.4. The fraction of sp³-hybridized carbons (Fsp3) is 0.400. The van der Waals surface area contributed by atoms with E-state index < -0.39 is 5.78 Å². The normalized spacial score (nSPS) is 7.70. The molecule has 0 saturated carbocycles. The van der Waals surface area contributed by atoms with Crippen LogP contribution in [0.5, 0.6) is 0 Å². The lowest BCUT2D eigenvalue weighted by Crippen LogP contribution is -2.27. The molecule has 10 heavy (non-hydrogen) atoms. The largest absolute Gasteiger partial charge is 0.361 e. The van der Waals surface area contributed by atoms with Gasteiger partial charge < -0.3 is 10.8 Å². The Labute approximate surface area is 57.7 Å². The Kier molecular flexibility index (Phi) is 3.75. The number of ketones is 1. The van der Waals surface area contributed by atoms with Gasteiger partial charge in [0, 0.05) is 6.92 Å². The molecule has 0 aliphatic heterocycles. The lowest BCUT2D eigenvalue weighted by atomic mass is 10.4. The molecule has 0 radical (unpaired) electrons. The van der Waals surface area contributed by atoms with Crippen LogP contribution < -0.4 is 5.32 Å². The van der Waals surface area contributed by atoms with Crippen LogP contribution in [0.15, 0.2) is 0 Å². The average Bonchev–Trinajstić information content (AvgIpc) is 1.85. The molecule has 54 valence electrons. The summed E-state index contributed by atoms with van der Waals surface area (Å²) in [6.45, 7) is 1.17. The van der Waals surface area contributed by atoms with Crippen LogP contribution in [0.4, 0.5) is 0 Å². The fourth-order valence-electron chi connectivity index (χ4n) is 0.322. The van der Waals surface area contributed by atoms with Gasteiger partial charge in [-0.25, -0.2) is 0 Å². The minimum absolute atomic E-state index is 0.126. The van der Waals surface area contributed by atoms with Crippen molar-refractivity contribution in [3.8, 4) is 0 Å². The number of nitrogens with one attached hydrogen (secondary N) is 1. The molecule has 0 rings (SSSR count). The van der Waals surface area contributed by atoms with Gasteiger partial charge in [-0.15, -0.1) is 0 Å². The number of nitrogens with zero attached hydrogens (tertiary/aromatic N) is 2. The van der Waals surface area contributed by atoms with Crippen LogP contribution >= 0.6 is 0 Å². The molecule has 0 fully saturated rings. The summed E-state index contributed by atoms with van der Waals surface area (Å²) in [5.41, 5.74) is 7.84. The number of carbonyl (C=O) groups is 2. The van der Waals surface area contributed by atoms with Crippen molar-refractivity contribution >= 4 is 17.9 Å². The predicted octanol–water partition coefficient (Wildman–Crippen LogP) is -1.01. The van der Waals surface area contributed by atoms with Gasteiger partial charge in [0.1, 0.15) is 0 Å². The first-order valence-corrected chi connectivity index (χ1v) is 2.61. The van der Waals surface area contributed by atoms with Crippen LogP contribution in [-0.4, -0.2) is 29.2 Å². The molecule has 5 heteroatoms. The molecule has 0 unspecified atom stereocenters. The Morgan fingerprint density at radius 2 is 2.30 bits per heavy atom. The van der Waals surface area contributed by atoms with Crippen molar-refractivity contribution in [1.82, 2.24) is 5.32 Å². The molecule has 0 aromatic rings. The average molecular weight is 141 g/mol. The second-order valence-electron chi connectivity index (χ2n) is 1.62. The zero-order chi connectivity index (χ0) is 7.98. The molecular weight excluding hydrogens is 134 g/mol. The molecule has 0 heterocycles. The highest BCUT2D eigenvalue weighted by molar-refractivity contribution is 6.26. The fourth-order valence-corrected chi connectivity index (χ4v) is 0.322. The summed E-state index contributed by atoms with van der Waals surface area (Å²) in [7, 11) is 0. The smallest absolute Gasteiger partial charge is 0.325 e. The number of hydrogen-bond acceptors (Lipinski definition) is 2. The maximum Gasteiger partial charge on any atom is 0.325 e. The number of Topliss-reactive ketones (excluding diaryl/α,β-unsaturated/α-hetero) is 1. The highest BCUT2D eigenvalue weighted by Crippen LogP contribution is 1.62. The van der Waals surface area contributed by atoms with Gasteiger partial charge in [0.25, 0.3) is 5.78 Å². The van der Waals surface area contributed by atoms with E-state index in [0.717, 1.165) is 6.21 Å². The van der Waals surface area contributed by atoms with Crippen LogP contribution in [-0.2, 0) is 9.59 Å². The van der Waals surface area contributed by atoms with Gasteiger partial charge in [-0.1, -0.05) is 0 Å². The van der Waals surface area contributed by atoms with Crippen LogP contribution in [0.25, 0.3) is 5.53 Å². The topological polar surface area (TPSA) is 82.6 Å². The van der Waals surface area contributed by atoms with Crippen LogP contribution in [0.2, 0.25) is 0 Å². The first kappa shape index (κ1) is 8.52. The Bertz CT molecular complexity index is 193. The molecule has 0 aliphatic rings. The van der Waals surface area contributed by atoms with Gasteiger partial charge in [-0.2, -0.15) is 4.79 Å². The number of amides is 1. The van der Waals surface area contributed by atoms with Crippen LogP contribution in [0.1, 0.15) is 6.92 Å². The molecular formula is C5H7N3O2. The first-order valence-electron chi connectivity index (χ1n) is 2.61. The van der Waals surface area contributed by atoms with E-state index in [0.29, 0.717) is 0 Å². The van der Waals surface area contributed by atoms with Gasteiger partial charge in [0.15, 0.2) is 0 Å². The van der Waals surface area contributed by atoms with E-state index >= 15 is 0 Å². The molecule has 0 aliphatic carbocycles. The van der Waals surface area contributed by atoms with Gasteiger partial charge in [-0.3, -0.25) is 9.59 Å². The SMILES string of the molecule is CC(=O)NCC(=O)C=[N+]=[N-]. The molecule has 0 aromatic heterocycles. The van der Waals surface area contributed by atoms with Gasteiger partial charge in [0.05, 0.1) is 6.54 Å². The number of rotatable bonds is 3. The van der Waals surface area contributed by atoms with Crippen LogP contribution in [0, 0.1) is 0 Å². The highest BCUT2D eigenvalue weighted by atomic mass is 16.2. The van der Waals surface area contributed by atoms with E-state index in [1.54, 1.807) is 0 Å². The maximum atomic E-state index is 10.4. The summed E-state index contributed by atoms with van der Waals surface area (Å²) in [4.78, 5) is 23.1. The summed E-state index contributed by atoms with van der Waals surface area (Å²) in [6.07, 6.45) is 0.732. The molecule has 0 atom stereocenters. The third-order valence-electron chi connectivity index (χ3n) is 0.713. The quantitative estimate of drug-likeness (QED) is 0.310. The van der Waals surface area contributed by atoms with E-state index in [-0.39, 0.29) is 12.5 Å². The third kappa shape index (κ3) is 4.67. The van der Waals surface area contributed by atoms with Crippen molar-refractivity contribution in [3.63, 3.8) is 0 Å². The Balaban J connectivity index is 3.60. The highest BCUT2D eigenvalue weighted by Gasteiger charge is 2.01. The van der Waals surface area contributed by atoms with Gasteiger partial charge in [0.2, 0.25) is 5.91 Å². The minimum atomic E-state index is -0.447. The van der Waals surface area contributed by atoms with Crippen molar-refractivity contribution in [2.24, 2.45) is 0 Å². The predicted molar refractivity (Wildman–Crippen MR) is 33.4 cm³/mol. The summed E-state index contributed by atoms with van der Waals surface area (Å²) in [6, 6.07) is 0. The molecule has 0 saturated heterocycles. The Morgan fingerprint density at radius 1 is 1.70 bits per heavy atom. The van der Waals surface area contributed by atoms with E-state index in [4.69, 9.17) is 5.53 Å². The van der Waals surface area contributed by atoms with Crippen LogP contribution in [0.3, 0.4) is 0 Å². The molecule has 0 spiro atoms. The Hall–Kier alpha value is -1.48. The van der Waals surface area contributed by atoms with E-state index in [1.807, 2.05) is 0 Å². The summed E-state index contributed by atoms with van der Waals surface area (Å²) >= 11 is 0. The van der Waals surface area contributed by atoms with Crippen molar-refractivity contribution in [2.45, 2.75) is 6.92 Å². The second-order valence-corrected chi connectivity index (χ2v) is 1.62. The monoisotopic (exact) mass is 141 g/mol. The van der Waals surface area contributed by atoms with E-state index in [1.165, 1.54) is 6.92 Å². The standard InChI is InChI=1S/C5H7N3O2/c1-4(9)7-2-5(10)3-8-6/h3H,2H2,1H3,(H,7,9). The molecule has 5 nitrogen and oxygen atoms in total. The van der Waals surface area contributed by atoms with Gasteiger partial charge in [-0.05, 0) is 0 Å². The van der Waals surface area contributed by atoms with Crippen molar-refractivity contribution in [1.29, 1.82) is 0 Å². The molecule has 1 amide bonds. The molecule has 0 aromatic carbocycles. The number of carbonyl (C=O) groups excluding carboxylic acids is 2.